The van der Waals surface area contributed by atoms with Crippen molar-refractivity contribution >= 4 is 15.7 Å². The summed E-state index contributed by atoms with van der Waals surface area (Å²) >= 11 is 0. The third-order valence-corrected chi connectivity index (χ3v) is 6.02. The molecule has 0 amide bonds. The minimum absolute atomic E-state index is 0.313. The van der Waals surface area contributed by atoms with Gasteiger partial charge in [-0.3, -0.25) is 0 Å². The summed E-state index contributed by atoms with van der Waals surface area (Å²) in [6.45, 7) is 2.39. The second-order valence-electron chi connectivity index (χ2n) is 5.93. The van der Waals surface area contributed by atoms with Crippen LogP contribution in [0.15, 0.2) is 29.2 Å². The summed E-state index contributed by atoms with van der Waals surface area (Å²) in [4.78, 5) is 2.90. The highest BCUT2D eigenvalue weighted by molar-refractivity contribution is 7.89. The molecule has 2 fully saturated rings. The maximum Gasteiger partial charge on any atom is 0.240 e. The molecule has 0 saturated carbocycles. The number of piperidine rings is 1. The molecule has 1 aromatic rings. The number of hydrogen-bond acceptors (Lipinski definition) is 4. The number of rotatable bonds is 4. The quantitative estimate of drug-likeness (QED) is 0.887. The van der Waals surface area contributed by atoms with Crippen LogP contribution in [0.3, 0.4) is 0 Å². The SMILES string of the molecule is CNS(=O)(=O)c1cccc(NC2CCN3CCCC3C2)c1. The highest BCUT2D eigenvalue weighted by atomic mass is 32.2. The van der Waals surface area contributed by atoms with Crippen molar-refractivity contribution in [2.75, 3.05) is 25.5 Å². The molecule has 0 aromatic heterocycles. The highest BCUT2D eigenvalue weighted by Crippen LogP contribution is 2.28. The Kier molecular flexibility index (Phi) is 4.19. The molecule has 2 aliphatic rings. The molecule has 6 heteroatoms. The van der Waals surface area contributed by atoms with E-state index in [0.717, 1.165) is 25.1 Å². The van der Waals surface area contributed by atoms with Gasteiger partial charge in [-0.25, -0.2) is 13.1 Å². The van der Waals surface area contributed by atoms with Gasteiger partial charge in [-0.2, -0.15) is 0 Å². The smallest absolute Gasteiger partial charge is 0.240 e. The Balaban J connectivity index is 1.69. The first-order valence-electron chi connectivity index (χ1n) is 7.63. The van der Waals surface area contributed by atoms with Crippen LogP contribution in [0.5, 0.6) is 0 Å². The Bertz CT molecular complexity index is 603. The van der Waals surface area contributed by atoms with Crippen molar-refractivity contribution < 1.29 is 8.42 Å². The van der Waals surface area contributed by atoms with Gasteiger partial charge in [-0.1, -0.05) is 6.07 Å². The molecule has 2 saturated heterocycles. The van der Waals surface area contributed by atoms with E-state index in [0.29, 0.717) is 17.0 Å². The fraction of sp³-hybridized carbons (Fsp3) is 0.600. The molecule has 3 rings (SSSR count). The molecule has 0 aliphatic carbocycles. The first kappa shape index (κ1) is 14.8. The molecule has 0 radical (unpaired) electrons. The first-order valence-corrected chi connectivity index (χ1v) is 9.11. The Labute approximate surface area is 126 Å². The summed E-state index contributed by atoms with van der Waals surface area (Å²) < 4.78 is 26.1. The number of anilines is 1. The summed E-state index contributed by atoms with van der Waals surface area (Å²) in [7, 11) is -1.94. The van der Waals surface area contributed by atoms with Crippen LogP contribution in [0.2, 0.25) is 0 Å². The predicted octanol–water partition coefficient (Wildman–Crippen LogP) is 1.63. The topological polar surface area (TPSA) is 61.4 Å². The fourth-order valence-electron chi connectivity index (χ4n) is 3.46. The largest absolute Gasteiger partial charge is 0.382 e. The van der Waals surface area contributed by atoms with Crippen LogP contribution >= 0.6 is 0 Å². The van der Waals surface area contributed by atoms with Crippen LogP contribution in [-0.2, 0) is 10.0 Å². The zero-order valence-corrected chi connectivity index (χ0v) is 13.2. The molecule has 2 N–H and O–H groups in total. The lowest BCUT2D eigenvalue weighted by Gasteiger charge is -2.35. The maximum absolute atomic E-state index is 11.8. The van der Waals surface area contributed by atoms with Crippen LogP contribution in [0.25, 0.3) is 0 Å². The van der Waals surface area contributed by atoms with E-state index in [9.17, 15) is 8.42 Å². The van der Waals surface area contributed by atoms with E-state index in [2.05, 4.69) is 14.9 Å². The molecule has 0 spiro atoms. The lowest BCUT2D eigenvalue weighted by molar-refractivity contribution is 0.188. The molecule has 116 valence electrons. The van der Waals surface area contributed by atoms with E-state index < -0.39 is 10.0 Å². The lowest BCUT2D eigenvalue weighted by atomic mass is 9.97. The Hall–Kier alpha value is -1.11. The summed E-state index contributed by atoms with van der Waals surface area (Å²) in [6, 6.07) is 8.22. The summed E-state index contributed by atoms with van der Waals surface area (Å²) in [5.74, 6) is 0. The summed E-state index contributed by atoms with van der Waals surface area (Å²) in [5, 5.41) is 3.51. The third kappa shape index (κ3) is 3.22. The number of nitrogens with one attached hydrogen (secondary N) is 2. The van der Waals surface area contributed by atoms with Crippen molar-refractivity contribution in [1.82, 2.24) is 9.62 Å². The van der Waals surface area contributed by atoms with Gasteiger partial charge in [0.2, 0.25) is 10.0 Å². The number of benzene rings is 1. The normalized spacial score (nSPS) is 26.5. The van der Waals surface area contributed by atoms with E-state index in [1.165, 1.54) is 26.4 Å². The zero-order valence-electron chi connectivity index (χ0n) is 12.4. The van der Waals surface area contributed by atoms with Crippen molar-refractivity contribution in [2.45, 2.75) is 42.7 Å². The van der Waals surface area contributed by atoms with Gasteiger partial charge in [0.15, 0.2) is 0 Å². The fourth-order valence-corrected chi connectivity index (χ4v) is 4.24. The molecular formula is C15H23N3O2S. The Morgan fingerprint density at radius 2 is 2.10 bits per heavy atom. The minimum Gasteiger partial charge on any atom is -0.382 e. The number of hydrogen-bond donors (Lipinski definition) is 2. The minimum atomic E-state index is -3.37. The summed E-state index contributed by atoms with van der Waals surface area (Å²) in [6.07, 6.45) is 4.89. The van der Waals surface area contributed by atoms with Gasteiger partial charge < -0.3 is 10.2 Å². The van der Waals surface area contributed by atoms with E-state index in [1.54, 1.807) is 18.2 Å². The molecular weight excluding hydrogens is 286 g/mol. The Morgan fingerprint density at radius 1 is 1.24 bits per heavy atom. The van der Waals surface area contributed by atoms with Gasteiger partial charge in [0.05, 0.1) is 4.90 Å². The first-order chi connectivity index (χ1) is 10.1. The monoisotopic (exact) mass is 309 g/mol. The third-order valence-electron chi connectivity index (χ3n) is 4.60. The van der Waals surface area contributed by atoms with E-state index in [1.807, 2.05) is 6.07 Å². The van der Waals surface area contributed by atoms with Crippen molar-refractivity contribution in [3.8, 4) is 0 Å². The van der Waals surface area contributed by atoms with Gasteiger partial charge in [0.1, 0.15) is 0 Å². The van der Waals surface area contributed by atoms with Crippen LogP contribution in [0.1, 0.15) is 25.7 Å². The van der Waals surface area contributed by atoms with E-state index in [4.69, 9.17) is 0 Å². The summed E-state index contributed by atoms with van der Waals surface area (Å²) in [5.41, 5.74) is 0.891. The molecule has 2 atom stereocenters. The van der Waals surface area contributed by atoms with Gasteiger partial charge in [0, 0.05) is 24.3 Å². The molecule has 2 aliphatic heterocycles. The number of sulfonamides is 1. The standard InChI is InChI=1S/C15H23N3O2S/c1-16-21(19,20)15-6-2-4-12(11-15)17-13-7-9-18-8-3-5-14(18)10-13/h2,4,6,11,13-14,16-17H,3,5,7-10H2,1H3. The predicted molar refractivity (Wildman–Crippen MR) is 83.9 cm³/mol. The van der Waals surface area contributed by atoms with Crippen molar-refractivity contribution in [3.63, 3.8) is 0 Å². The molecule has 0 bridgehead atoms. The van der Waals surface area contributed by atoms with E-state index in [-0.39, 0.29) is 0 Å². The zero-order chi connectivity index (χ0) is 14.9. The van der Waals surface area contributed by atoms with Gasteiger partial charge in [-0.15, -0.1) is 0 Å². The van der Waals surface area contributed by atoms with Crippen LogP contribution in [0.4, 0.5) is 5.69 Å². The van der Waals surface area contributed by atoms with Gasteiger partial charge in [-0.05, 0) is 57.5 Å². The molecule has 21 heavy (non-hydrogen) atoms. The molecule has 2 heterocycles. The van der Waals surface area contributed by atoms with E-state index >= 15 is 0 Å². The Morgan fingerprint density at radius 3 is 2.90 bits per heavy atom. The van der Waals surface area contributed by atoms with Crippen molar-refractivity contribution in [1.29, 1.82) is 0 Å². The molecule has 5 nitrogen and oxygen atoms in total. The van der Waals surface area contributed by atoms with Crippen molar-refractivity contribution in [2.24, 2.45) is 0 Å². The van der Waals surface area contributed by atoms with Crippen LogP contribution in [0, 0.1) is 0 Å². The average Bonchev–Trinajstić information content (AvgIpc) is 2.95. The van der Waals surface area contributed by atoms with Gasteiger partial charge in [0.25, 0.3) is 0 Å². The van der Waals surface area contributed by atoms with Gasteiger partial charge >= 0.3 is 0 Å². The average molecular weight is 309 g/mol. The number of fused-ring (bicyclic) bond motifs is 1. The molecule has 2 unspecified atom stereocenters. The second kappa shape index (κ2) is 5.94. The maximum atomic E-state index is 11.8. The second-order valence-corrected chi connectivity index (χ2v) is 7.82. The molecule has 1 aromatic carbocycles. The lowest BCUT2D eigenvalue weighted by Crippen LogP contribution is -2.42. The van der Waals surface area contributed by atoms with Crippen molar-refractivity contribution in [3.05, 3.63) is 24.3 Å². The number of nitrogens with zero attached hydrogens (tertiary/aromatic N) is 1. The van der Waals surface area contributed by atoms with Crippen LogP contribution in [-0.4, -0.2) is 45.5 Å². The van der Waals surface area contributed by atoms with Crippen LogP contribution < -0.4 is 10.0 Å². The highest BCUT2D eigenvalue weighted by Gasteiger charge is 2.31.